The summed E-state index contributed by atoms with van der Waals surface area (Å²) in [5.41, 5.74) is 6.73. The number of rotatable bonds is 6. The van der Waals surface area contributed by atoms with Crippen molar-refractivity contribution >= 4 is 31.3 Å². The largest absolute Gasteiger partial charge is 0.399 e. The number of nitrogen functional groups attached to an aromatic ring is 1. The fourth-order valence-corrected chi connectivity index (χ4v) is 4.67. The average Bonchev–Trinajstić information content (AvgIpc) is 2.66. The maximum absolute atomic E-state index is 12.7. The standard InChI is InChI=1S/C19H18N2O5S2/c20-15-6-10-17(11-7-15)27(22,23)18-12-8-16(9-13-18)21-19(28(24,25)26)14-4-2-1-3-5-14/h1-13,19,21H,20H2,(H,24,25,26). The highest BCUT2D eigenvalue weighted by Gasteiger charge is 2.25. The van der Waals surface area contributed by atoms with Gasteiger partial charge in [0.2, 0.25) is 9.84 Å². The Morgan fingerprint density at radius 3 is 1.75 bits per heavy atom. The molecule has 1 unspecified atom stereocenters. The van der Waals surface area contributed by atoms with E-state index in [2.05, 4.69) is 5.32 Å². The van der Waals surface area contributed by atoms with E-state index in [-0.39, 0.29) is 9.79 Å². The predicted molar refractivity (Wildman–Crippen MR) is 107 cm³/mol. The smallest absolute Gasteiger partial charge is 0.290 e. The average molecular weight is 418 g/mol. The Labute approximate surface area is 163 Å². The van der Waals surface area contributed by atoms with Crippen LogP contribution < -0.4 is 11.1 Å². The van der Waals surface area contributed by atoms with Crippen molar-refractivity contribution in [1.29, 1.82) is 0 Å². The third-order valence-electron chi connectivity index (χ3n) is 4.05. The number of hydrogen-bond acceptors (Lipinski definition) is 6. The van der Waals surface area contributed by atoms with E-state index in [9.17, 15) is 21.4 Å². The zero-order valence-electron chi connectivity index (χ0n) is 14.6. The molecule has 0 aliphatic heterocycles. The molecule has 3 rings (SSSR count). The van der Waals surface area contributed by atoms with Gasteiger partial charge in [0.25, 0.3) is 10.1 Å². The van der Waals surface area contributed by atoms with Gasteiger partial charge in [-0.25, -0.2) is 8.42 Å². The van der Waals surface area contributed by atoms with Crippen molar-refractivity contribution in [2.45, 2.75) is 15.2 Å². The van der Waals surface area contributed by atoms with Gasteiger partial charge in [0.15, 0.2) is 5.37 Å². The molecular formula is C19H18N2O5S2. The Hall–Kier alpha value is -2.88. The van der Waals surface area contributed by atoms with Gasteiger partial charge >= 0.3 is 0 Å². The second kappa shape index (κ2) is 7.63. The van der Waals surface area contributed by atoms with Gasteiger partial charge in [0.1, 0.15) is 0 Å². The van der Waals surface area contributed by atoms with Crippen LogP contribution in [0.25, 0.3) is 0 Å². The topological polar surface area (TPSA) is 127 Å². The first-order valence-corrected chi connectivity index (χ1v) is 11.1. The summed E-state index contributed by atoms with van der Waals surface area (Å²) in [5.74, 6) is 0. The molecule has 4 N–H and O–H groups in total. The quantitative estimate of drug-likeness (QED) is 0.415. The summed E-state index contributed by atoms with van der Waals surface area (Å²) >= 11 is 0. The molecule has 0 heterocycles. The fraction of sp³-hybridized carbons (Fsp3) is 0.0526. The number of anilines is 2. The first-order chi connectivity index (χ1) is 13.2. The summed E-state index contributed by atoms with van der Waals surface area (Å²) in [6.45, 7) is 0. The van der Waals surface area contributed by atoms with E-state index in [1.807, 2.05) is 0 Å². The van der Waals surface area contributed by atoms with Crippen LogP contribution >= 0.6 is 0 Å². The molecule has 0 amide bonds. The van der Waals surface area contributed by atoms with Gasteiger partial charge in [-0.2, -0.15) is 8.42 Å². The molecule has 9 heteroatoms. The normalized spacial score (nSPS) is 13.0. The minimum Gasteiger partial charge on any atom is -0.399 e. The molecule has 0 aliphatic rings. The molecule has 0 radical (unpaired) electrons. The molecule has 0 fully saturated rings. The summed E-state index contributed by atoms with van der Waals surface area (Å²) < 4.78 is 58.4. The summed E-state index contributed by atoms with van der Waals surface area (Å²) in [5, 5.41) is 1.33. The summed E-state index contributed by atoms with van der Waals surface area (Å²) in [7, 11) is -8.18. The van der Waals surface area contributed by atoms with E-state index in [0.717, 1.165) is 0 Å². The molecule has 3 aromatic carbocycles. The van der Waals surface area contributed by atoms with Crippen LogP contribution in [0.3, 0.4) is 0 Å². The van der Waals surface area contributed by atoms with Crippen molar-refractivity contribution in [3.05, 3.63) is 84.4 Å². The maximum Gasteiger partial charge on any atom is 0.290 e. The van der Waals surface area contributed by atoms with Crippen molar-refractivity contribution in [2.24, 2.45) is 0 Å². The molecule has 0 saturated heterocycles. The molecule has 7 nitrogen and oxygen atoms in total. The van der Waals surface area contributed by atoms with Crippen molar-refractivity contribution in [3.63, 3.8) is 0 Å². The van der Waals surface area contributed by atoms with Crippen LogP contribution in [0.5, 0.6) is 0 Å². The minimum atomic E-state index is -4.44. The SMILES string of the molecule is Nc1ccc(S(=O)(=O)c2ccc(NC(c3ccccc3)S(=O)(=O)O)cc2)cc1. The summed E-state index contributed by atoms with van der Waals surface area (Å²) in [6.07, 6.45) is 0. The summed E-state index contributed by atoms with van der Waals surface area (Å²) in [4.78, 5) is 0.147. The van der Waals surface area contributed by atoms with E-state index in [0.29, 0.717) is 16.9 Å². The lowest BCUT2D eigenvalue weighted by atomic mass is 10.2. The third kappa shape index (κ3) is 4.33. The molecule has 0 saturated carbocycles. The van der Waals surface area contributed by atoms with Crippen LogP contribution in [0.15, 0.2) is 88.7 Å². The van der Waals surface area contributed by atoms with E-state index < -0.39 is 25.3 Å². The summed E-state index contributed by atoms with van der Waals surface area (Å²) in [6, 6.07) is 19.6. The van der Waals surface area contributed by atoms with Crippen LogP contribution in [-0.2, 0) is 20.0 Å². The third-order valence-corrected chi connectivity index (χ3v) is 6.82. The number of nitrogens with two attached hydrogens (primary N) is 1. The number of benzene rings is 3. The Morgan fingerprint density at radius 1 is 0.750 bits per heavy atom. The van der Waals surface area contributed by atoms with Gasteiger partial charge < -0.3 is 11.1 Å². The first-order valence-electron chi connectivity index (χ1n) is 8.16. The highest BCUT2D eigenvalue weighted by molar-refractivity contribution is 7.91. The molecule has 28 heavy (non-hydrogen) atoms. The van der Waals surface area contributed by atoms with Crippen LogP contribution in [0, 0.1) is 0 Å². The van der Waals surface area contributed by atoms with E-state index in [1.165, 1.54) is 48.5 Å². The van der Waals surface area contributed by atoms with Crippen LogP contribution in [-0.4, -0.2) is 21.4 Å². The van der Waals surface area contributed by atoms with Gasteiger partial charge in [-0.1, -0.05) is 30.3 Å². The molecule has 1 atom stereocenters. The Morgan fingerprint density at radius 2 is 1.25 bits per heavy atom. The van der Waals surface area contributed by atoms with Crippen LogP contribution in [0.2, 0.25) is 0 Å². The highest BCUT2D eigenvalue weighted by Crippen LogP contribution is 2.27. The molecule has 3 aromatic rings. The second-order valence-electron chi connectivity index (χ2n) is 6.05. The zero-order valence-corrected chi connectivity index (χ0v) is 16.2. The lowest BCUT2D eigenvalue weighted by Crippen LogP contribution is -2.20. The second-order valence-corrected chi connectivity index (χ2v) is 9.50. The monoisotopic (exact) mass is 418 g/mol. The minimum absolute atomic E-state index is 0.0472. The van der Waals surface area contributed by atoms with Gasteiger partial charge in [-0.3, -0.25) is 4.55 Å². The lowest BCUT2D eigenvalue weighted by Gasteiger charge is -2.17. The maximum atomic E-state index is 12.7. The van der Waals surface area contributed by atoms with Crippen LogP contribution in [0.1, 0.15) is 10.9 Å². The highest BCUT2D eigenvalue weighted by atomic mass is 32.2. The predicted octanol–water partition coefficient (Wildman–Crippen LogP) is 3.10. The van der Waals surface area contributed by atoms with E-state index >= 15 is 0 Å². The first kappa shape index (κ1) is 19.9. The molecule has 0 spiro atoms. The van der Waals surface area contributed by atoms with Crippen molar-refractivity contribution in [1.82, 2.24) is 0 Å². The van der Waals surface area contributed by atoms with E-state index in [4.69, 9.17) is 5.73 Å². The zero-order chi connectivity index (χ0) is 20.4. The van der Waals surface area contributed by atoms with Gasteiger partial charge in [0, 0.05) is 11.4 Å². The number of nitrogens with one attached hydrogen (secondary N) is 1. The molecule has 0 bridgehead atoms. The fourth-order valence-electron chi connectivity index (χ4n) is 2.62. The Bertz CT molecular complexity index is 1160. The van der Waals surface area contributed by atoms with Gasteiger partial charge in [0.05, 0.1) is 9.79 Å². The van der Waals surface area contributed by atoms with Crippen molar-refractivity contribution < 1.29 is 21.4 Å². The molecule has 0 aromatic heterocycles. The van der Waals surface area contributed by atoms with E-state index in [1.54, 1.807) is 30.3 Å². The molecule has 0 aliphatic carbocycles. The Balaban J connectivity index is 1.89. The molecular weight excluding hydrogens is 400 g/mol. The van der Waals surface area contributed by atoms with Crippen LogP contribution in [0.4, 0.5) is 11.4 Å². The lowest BCUT2D eigenvalue weighted by molar-refractivity contribution is 0.473. The number of hydrogen-bond donors (Lipinski definition) is 3. The van der Waals surface area contributed by atoms with Gasteiger partial charge in [-0.05, 0) is 54.1 Å². The van der Waals surface area contributed by atoms with Crippen molar-refractivity contribution in [2.75, 3.05) is 11.1 Å². The number of sulfone groups is 1. The molecule has 146 valence electrons. The van der Waals surface area contributed by atoms with Crippen molar-refractivity contribution in [3.8, 4) is 0 Å². The Kier molecular flexibility index (Phi) is 5.41. The van der Waals surface area contributed by atoms with Gasteiger partial charge in [-0.15, -0.1) is 0 Å².